The topological polar surface area (TPSA) is 39.4 Å². The molecule has 0 bridgehead atoms. The van der Waals surface area contributed by atoms with Gasteiger partial charge in [-0.3, -0.25) is 4.79 Å². The molecule has 3 rings (SSSR count). The molecule has 4 heteroatoms. The van der Waals surface area contributed by atoms with Crippen LogP contribution < -0.4 is 4.74 Å². The minimum absolute atomic E-state index is 0.104. The Morgan fingerprint density at radius 3 is 2.62 bits per heavy atom. The van der Waals surface area contributed by atoms with Crippen LogP contribution in [0.4, 0.5) is 4.39 Å². The molecule has 3 nitrogen and oxygen atoms in total. The normalized spacial score (nSPS) is 10.8. The standard InChI is InChI=1S/C17H13FO3/c1-2-20-13-8-6-11(7-9-13)16(19)15-10-12-4-3-5-14(18)17(12)21-15/h3-10H,2H2,1H3. The molecule has 0 radical (unpaired) electrons. The maximum atomic E-state index is 13.6. The molecule has 0 unspecified atom stereocenters. The third-order valence-electron chi connectivity index (χ3n) is 3.15. The molecule has 0 N–H and O–H groups in total. The molecule has 1 aromatic heterocycles. The highest BCUT2D eigenvalue weighted by Crippen LogP contribution is 2.24. The van der Waals surface area contributed by atoms with Gasteiger partial charge in [-0.05, 0) is 43.3 Å². The van der Waals surface area contributed by atoms with Crippen LogP contribution in [-0.2, 0) is 0 Å². The van der Waals surface area contributed by atoms with E-state index in [1.165, 1.54) is 6.07 Å². The van der Waals surface area contributed by atoms with Gasteiger partial charge >= 0.3 is 0 Å². The Morgan fingerprint density at radius 1 is 1.19 bits per heavy atom. The van der Waals surface area contributed by atoms with E-state index in [4.69, 9.17) is 9.15 Å². The van der Waals surface area contributed by atoms with Crippen molar-refractivity contribution in [2.45, 2.75) is 6.92 Å². The number of hydrogen-bond donors (Lipinski definition) is 0. The molecule has 0 aliphatic carbocycles. The molecule has 106 valence electrons. The summed E-state index contributed by atoms with van der Waals surface area (Å²) in [5.74, 6) is 0.0656. The number of carbonyl (C=O) groups is 1. The second-order valence-corrected chi connectivity index (χ2v) is 4.56. The minimum Gasteiger partial charge on any atom is -0.494 e. The van der Waals surface area contributed by atoms with Crippen molar-refractivity contribution in [3.8, 4) is 5.75 Å². The van der Waals surface area contributed by atoms with E-state index >= 15 is 0 Å². The summed E-state index contributed by atoms with van der Waals surface area (Å²) in [5.41, 5.74) is 0.574. The summed E-state index contributed by atoms with van der Waals surface area (Å²) in [7, 11) is 0. The molecule has 1 heterocycles. The van der Waals surface area contributed by atoms with Crippen LogP contribution in [0, 0.1) is 5.82 Å². The Bertz CT molecular complexity index is 787. The van der Waals surface area contributed by atoms with Gasteiger partial charge in [0.05, 0.1) is 6.61 Å². The molecule has 2 aromatic carbocycles. The SMILES string of the molecule is CCOc1ccc(C(=O)c2cc3cccc(F)c3o2)cc1. The number of ether oxygens (including phenoxy) is 1. The van der Waals surface area contributed by atoms with Crippen molar-refractivity contribution >= 4 is 16.8 Å². The molecule has 0 saturated heterocycles. The first-order chi connectivity index (χ1) is 10.2. The van der Waals surface area contributed by atoms with Crippen LogP contribution in [0.25, 0.3) is 11.0 Å². The fourth-order valence-corrected chi connectivity index (χ4v) is 2.15. The van der Waals surface area contributed by atoms with E-state index in [0.717, 1.165) is 0 Å². The van der Waals surface area contributed by atoms with Crippen molar-refractivity contribution < 1.29 is 18.3 Å². The highest BCUT2D eigenvalue weighted by molar-refractivity contribution is 6.09. The highest BCUT2D eigenvalue weighted by Gasteiger charge is 2.16. The van der Waals surface area contributed by atoms with Crippen LogP contribution in [0.1, 0.15) is 23.0 Å². The molecule has 0 amide bonds. The van der Waals surface area contributed by atoms with E-state index < -0.39 is 5.82 Å². The molecular formula is C17H13FO3. The first-order valence-corrected chi connectivity index (χ1v) is 6.64. The van der Waals surface area contributed by atoms with Crippen LogP contribution in [0.15, 0.2) is 52.9 Å². The monoisotopic (exact) mass is 284 g/mol. The van der Waals surface area contributed by atoms with Gasteiger partial charge in [0, 0.05) is 10.9 Å². The molecule has 0 atom stereocenters. The Morgan fingerprint density at radius 2 is 1.95 bits per heavy atom. The summed E-state index contributed by atoms with van der Waals surface area (Å²) < 4.78 is 24.2. The van der Waals surface area contributed by atoms with Gasteiger partial charge in [0.15, 0.2) is 17.2 Å². The Balaban J connectivity index is 1.94. The lowest BCUT2D eigenvalue weighted by molar-refractivity contribution is 0.101. The summed E-state index contributed by atoms with van der Waals surface area (Å²) in [6.45, 7) is 2.46. The molecule has 0 aliphatic heterocycles. The zero-order valence-corrected chi connectivity index (χ0v) is 11.4. The van der Waals surface area contributed by atoms with Crippen molar-refractivity contribution in [3.05, 3.63) is 65.7 Å². The third kappa shape index (κ3) is 2.52. The van der Waals surface area contributed by atoms with E-state index in [-0.39, 0.29) is 17.1 Å². The van der Waals surface area contributed by atoms with Crippen molar-refractivity contribution in [2.75, 3.05) is 6.61 Å². The van der Waals surface area contributed by atoms with Gasteiger partial charge in [0.1, 0.15) is 5.75 Å². The van der Waals surface area contributed by atoms with Crippen LogP contribution in [0.2, 0.25) is 0 Å². The highest BCUT2D eigenvalue weighted by atomic mass is 19.1. The van der Waals surface area contributed by atoms with Crippen LogP contribution >= 0.6 is 0 Å². The quantitative estimate of drug-likeness (QED) is 0.674. The zero-order chi connectivity index (χ0) is 14.8. The second-order valence-electron chi connectivity index (χ2n) is 4.56. The lowest BCUT2D eigenvalue weighted by Crippen LogP contribution is -1.99. The van der Waals surface area contributed by atoms with E-state index in [0.29, 0.717) is 23.3 Å². The van der Waals surface area contributed by atoms with Crippen molar-refractivity contribution in [1.82, 2.24) is 0 Å². The van der Waals surface area contributed by atoms with E-state index in [2.05, 4.69) is 0 Å². The molecule has 0 aliphatic rings. The predicted molar refractivity (Wildman–Crippen MR) is 77.2 cm³/mol. The van der Waals surface area contributed by atoms with Crippen molar-refractivity contribution in [2.24, 2.45) is 0 Å². The van der Waals surface area contributed by atoms with Crippen LogP contribution in [-0.4, -0.2) is 12.4 Å². The van der Waals surface area contributed by atoms with Gasteiger partial charge in [0.2, 0.25) is 5.78 Å². The van der Waals surface area contributed by atoms with Gasteiger partial charge in [0.25, 0.3) is 0 Å². The number of halogens is 1. The fraction of sp³-hybridized carbons (Fsp3) is 0.118. The molecular weight excluding hydrogens is 271 g/mol. The summed E-state index contributed by atoms with van der Waals surface area (Å²) in [5, 5.41) is 0.573. The Hall–Kier alpha value is -2.62. The largest absolute Gasteiger partial charge is 0.494 e. The average Bonchev–Trinajstić information content (AvgIpc) is 2.93. The number of furan rings is 1. The smallest absolute Gasteiger partial charge is 0.228 e. The summed E-state index contributed by atoms with van der Waals surface area (Å²) in [6, 6.07) is 12.9. The van der Waals surface area contributed by atoms with E-state index in [9.17, 15) is 9.18 Å². The Labute approximate surface area is 120 Å². The van der Waals surface area contributed by atoms with Crippen LogP contribution in [0.3, 0.4) is 0 Å². The minimum atomic E-state index is -0.474. The number of fused-ring (bicyclic) bond motifs is 1. The van der Waals surface area contributed by atoms with E-state index in [1.807, 2.05) is 6.92 Å². The molecule has 0 saturated carbocycles. The van der Waals surface area contributed by atoms with Gasteiger partial charge in [-0.25, -0.2) is 4.39 Å². The summed E-state index contributed by atoms with van der Waals surface area (Å²) >= 11 is 0. The zero-order valence-electron chi connectivity index (χ0n) is 11.4. The fourth-order valence-electron chi connectivity index (χ4n) is 2.15. The van der Waals surface area contributed by atoms with Gasteiger partial charge in [-0.2, -0.15) is 0 Å². The number of rotatable bonds is 4. The average molecular weight is 284 g/mol. The van der Waals surface area contributed by atoms with Crippen molar-refractivity contribution in [3.63, 3.8) is 0 Å². The number of para-hydroxylation sites is 1. The van der Waals surface area contributed by atoms with Gasteiger partial charge < -0.3 is 9.15 Å². The lowest BCUT2D eigenvalue weighted by atomic mass is 10.1. The summed E-state index contributed by atoms with van der Waals surface area (Å²) in [4.78, 5) is 12.3. The van der Waals surface area contributed by atoms with Crippen molar-refractivity contribution in [1.29, 1.82) is 0 Å². The maximum Gasteiger partial charge on any atom is 0.228 e. The third-order valence-corrected chi connectivity index (χ3v) is 3.15. The first-order valence-electron chi connectivity index (χ1n) is 6.64. The van der Waals surface area contributed by atoms with Gasteiger partial charge in [-0.1, -0.05) is 12.1 Å². The number of benzene rings is 2. The maximum absolute atomic E-state index is 13.6. The molecule has 21 heavy (non-hydrogen) atoms. The summed E-state index contributed by atoms with van der Waals surface area (Å²) in [6.07, 6.45) is 0. The number of carbonyl (C=O) groups excluding carboxylic acids is 1. The van der Waals surface area contributed by atoms with Gasteiger partial charge in [-0.15, -0.1) is 0 Å². The molecule has 0 fully saturated rings. The molecule has 3 aromatic rings. The lowest BCUT2D eigenvalue weighted by Gasteiger charge is -2.03. The molecule has 0 spiro atoms. The van der Waals surface area contributed by atoms with Crippen LogP contribution in [0.5, 0.6) is 5.75 Å². The Kier molecular flexibility index (Phi) is 3.44. The predicted octanol–water partition coefficient (Wildman–Crippen LogP) is 4.20. The number of hydrogen-bond acceptors (Lipinski definition) is 3. The number of ketones is 1. The first kappa shape index (κ1) is 13.4. The van der Waals surface area contributed by atoms with E-state index in [1.54, 1.807) is 42.5 Å². The second kappa shape index (κ2) is 5.40.